The second-order valence-corrected chi connectivity index (χ2v) is 3.50. The standard InChI is InChI=1S/C9H9ClN6O/c1-11-16-8-13-7(14-9(17)15-8)6-4-5(10)2-3-12-6/h2-4,11H,1H3,(H2,13,14,15,16,17). The first-order chi connectivity index (χ1) is 8.19. The molecule has 0 aliphatic heterocycles. The highest BCUT2D eigenvalue weighted by Gasteiger charge is 2.06. The van der Waals surface area contributed by atoms with Crippen LogP contribution in [0.25, 0.3) is 11.5 Å². The van der Waals surface area contributed by atoms with Gasteiger partial charge in [0.2, 0.25) is 5.95 Å². The normalized spacial score (nSPS) is 10.2. The third-order valence-corrected chi connectivity index (χ3v) is 2.09. The van der Waals surface area contributed by atoms with E-state index in [0.717, 1.165) is 0 Å². The molecule has 3 N–H and O–H groups in total. The molecule has 7 nitrogen and oxygen atoms in total. The van der Waals surface area contributed by atoms with E-state index in [-0.39, 0.29) is 5.95 Å². The molecule has 0 aromatic carbocycles. The summed E-state index contributed by atoms with van der Waals surface area (Å²) in [6.45, 7) is 0. The van der Waals surface area contributed by atoms with Crippen LogP contribution in [0.3, 0.4) is 0 Å². The van der Waals surface area contributed by atoms with Crippen molar-refractivity contribution in [1.29, 1.82) is 0 Å². The zero-order valence-electron chi connectivity index (χ0n) is 8.86. The lowest BCUT2D eigenvalue weighted by Gasteiger charge is -2.04. The lowest BCUT2D eigenvalue weighted by Crippen LogP contribution is -2.22. The van der Waals surface area contributed by atoms with Gasteiger partial charge in [-0.15, -0.1) is 0 Å². The van der Waals surface area contributed by atoms with Gasteiger partial charge in [-0.25, -0.2) is 10.2 Å². The molecule has 2 aromatic rings. The third-order valence-electron chi connectivity index (χ3n) is 1.85. The Balaban J connectivity index is 2.48. The number of H-pyrrole nitrogens is 1. The molecule has 0 unspecified atom stereocenters. The summed E-state index contributed by atoms with van der Waals surface area (Å²) in [5.74, 6) is 0.457. The number of hydrazine groups is 1. The molecule has 0 bridgehead atoms. The van der Waals surface area contributed by atoms with E-state index < -0.39 is 5.69 Å². The van der Waals surface area contributed by atoms with Crippen LogP contribution in [0.5, 0.6) is 0 Å². The molecule has 0 amide bonds. The van der Waals surface area contributed by atoms with Crippen molar-refractivity contribution in [2.24, 2.45) is 0 Å². The molecule has 2 aromatic heterocycles. The average Bonchev–Trinajstić information content (AvgIpc) is 2.28. The maximum atomic E-state index is 11.3. The first-order valence-electron chi connectivity index (χ1n) is 4.72. The largest absolute Gasteiger partial charge is 0.349 e. The number of pyridine rings is 1. The van der Waals surface area contributed by atoms with Crippen molar-refractivity contribution in [2.75, 3.05) is 12.5 Å². The predicted molar refractivity (Wildman–Crippen MR) is 63.6 cm³/mol. The Labute approximate surface area is 101 Å². The van der Waals surface area contributed by atoms with Gasteiger partial charge in [-0.2, -0.15) is 9.97 Å². The van der Waals surface area contributed by atoms with Gasteiger partial charge in [0.25, 0.3) is 0 Å². The monoisotopic (exact) mass is 252 g/mol. The van der Waals surface area contributed by atoms with E-state index in [1.165, 1.54) is 6.20 Å². The molecule has 2 rings (SSSR count). The SMILES string of the molecule is CNNc1nc(-c2cc(Cl)ccn2)[nH]c(=O)n1. The van der Waals surface area contributed by atoms with E-state index in [9.17, 15) is 4.79 Å². The number of nitrogens with zero attached hydrogens (tertiary/aromatic N) is 3. The molecule has 88 valence electrons. The molecular weight excluding hydrogens is 244 g/mol. The highest BCUT2D eigenvalue weighted by Crippen LogP contribution is 2.15. The summed E-state index contributed by atoms with van der Waals surface area (Å²) in [7, 11) is 1.64. The van der Waals surface area contributed by atoms with Crippen LogP contribution in [0.1, 0.15) is 0 Å². The topological polar surface area (TPSA) is 95.6 Å². The Morgan fingerprint density at radius 3 is 2.94 bits per heavy atom. The Morgan fingerprint density at radius 1 is 1.41 bits per heavy atom. The van der Waals surface area contributed by atoms with Crippen molar-refractivity contribution in [2.45, 2.75) is 0 Å². The molecule has 17 heavy (non-hydrogen) atoms. The van der Waals surface area contributed by atoms with Crippen LogP contribution in [0.15, 0.2) is 23.1 Å². The fourth-order valence-corrected chi connectivity index (χ4v) is 1.37. The fourth-order valence-electron chi connectivity index (χ4n) is 1.21. The highest BCUT2D eigenvalue weighted by atomic mass is 35.5. The van der Waals surface area contributed by atoms with Crippen molar-refractivity contribution in [1.82, 2.24) is 25.4 Å². The summed E-state index contributed by atoms with van der Waals surface area (Å²) in [6, 6.07) is 3.24. The second kappa shape index (κ2) is 4.89. The molecule has 0 aliphatic carbocycles. The van der Waals surface area contributed by atoms with Crippen molar-refractivity contribution in [3.8, 4) is 11.5 Å². The number of hydrogen-bond acceptors (Lipinski definition) is 6. The van der Waals surface area contributed by atoms with E-state index in [1.54, 1.807) is 19.2 Å². The van der Waals surface area contributed by atoms with Crippen molar-refractivity contribution < 1.29 is 0 Å². The maximum Gasteiger partial charge on any atom is 0.349 e. The van der Waals surface area contributed by atoms with Crippen LogP contribution in [-0.4, -0.2) is 27.0 Å². The number of aromatic nitrogens is 4. The van der Waals surface area contributed by atoms with E-state index in [1.807, 2.05) is 0 Å². The van der Waals surface area contributed by atoms with Crippen LogP contribution in [0.4, 0.5) is 5.95 Å². The molecule has 0 saturated heterocycles. The minimum atomic E-state index is -0.519. The Bertz CT molecular complexity index is 584. The summed E-state index contributed by atoms with van der Waals surface area (Å²) in [4.78, 5) is 25.5. The Hall–Kier alpha value is -1.99. The summed E-state index contributed by atoms with van der Waals surface area (Å²) < 4.78 is 0. The average molecular weight is 253 g/mol. The highest BCUT2D eigenvalue weighted by molar-refractivity contribution is 6.30. The number of aromatic amines is 1. The molecule has 0 fully saturated rings. The van der Waals surface area contributed by atoms with E-state index in [0.29, 0.717) is 16.5 Å². The molecule has 0 atom stereocenters. The molecule has 2 heterocycles. The first kappa shape index (κ1) is 11.5. The van der Waals surface area contributed by atoms with Gasteiger partial charge in [-0.1, -0.05) is 11.6 Å². The van der Waals surface area contributed by atoms with Crippen molar-refractivity contribution in [3.63, 3.8) is 0 Å². The summed E-state index contributed by atoms with van der Waals surface area (Å²) in [5.41, 5.74) is 5.20. The van der Waals surface area contributed by atoms with Gasteiger partial charge in [0.15, 0.2) is 5.82 Å². The zero-order valence-corrected chi connectivity index (χ0v) is 9.62. The van der Waals surface area contributed by atoms with E-state index in [4.69, 9.17) is 11.6 Å². The minimum absolute atomic E-state index is 0.160. The Morgan fingerprint density at radius 2 is 2.24 bits per heavy atom. The summed E-state index contributed by atoms with van der Waals surface area (Å²) in [6.07, 6.45) is 1.53. The van der Waals surface area contributed by atoms with Crippen LogP contribution in [0.2, 0.25) is 5.02 Å². The quantitative estimate of drug-likeness (QED) is 0.686. The molecular formula is C9H9ClN6O. The number of nitrogens with one attached hydrogen (secondary N) is 3. The van der Waals surface area contributed by atoms with Crippen LogP contribution < -0.4 is 16.5 Å². The lowest BCUT2D eigenvalue weighted by molar-refractivity contribution is 0.903. The van der Waals surface area contributed by atoms with Gasteiger partial charge >= 0.3 is 5.69 Å². The summed E-state index contributed by atoms with van der Waals surface area (Å²) in [5, 5.41) is 0.512. The van der Waals surface area contributed by atoms with Crippen LogP contribution >= 0.6 is 11.6 Å². The zero-order chi connectivity index (χ0) is 12.3. The van der Waals surface area contributed by atoms with Crippen LogP contribution in [-0.2, 0) is 0 Å². The van der Waals surface area contributed by atoms with E-state index in [2.05, 4.69) is 30.8 Å². The fraction of sp³-hybridized carbons (Fsp3) is 0.111. The minimum Gasteiger partial charge on any atom is -0.290 e. The number of halogens is 1. The third kappa shape index (κ3) is 2.77. The van der Waals surface area contributed by atoms with Crippen LogP contribution in [0, 0.1) is 0 Å². The molecule has 0 saturated carbocycles. The van der Waals surface area contributed by atoms with Crippen molar-refractivity contribution in [3.05, 3.63) is 33.8 Å². The van der Waals surface area contributed by atoms with Gasteiger partial charge in [0.05, 0.1) is 0 Å². The van der Waals surface area contributed by atoms with Gasteiger partial charge in [0.1, 0.15) is 5.69 Å². The lowest BCUT2D eigenvalue weighted by atomic mass is 10.3. The number of hydrogen-bond donors (Lipinski definition) is 3. The van der Waals surface area contributed by atoms with Gasteiger partial charge in [-0.3, -0.25) is 15.4 Å². The second-order valence-electron chi connectivity index (χ2n) is 3.06. The van der Waals surface area contributed by atoms with Gasteiger partial charge < -0.3 is 0 Å². The molecule has 0 radical (unpaired) electrons. The predicted octanol–water partition coefficient (Wildman–Crippen LogP) is 0.427. The molecule has 8 heteroatoms. The summed E-state index contributed by atoms with van der Waals surface area (Å²) >= 11 is 5.83. The van der Waals surface area contributed by atoms with Crippen molar-refractivity contribution >= 4 is 17.5 Å². The first-order valence-corrected chi connectivity index (χ1v) is 5.10. The smallest absolute Gasteiger partial charge is 0.290 e. The maximum absolute atomic E-state index is 11.3. The van der Waals surface area contributed by atoms with Gasteiger partial charge in [0, 0.05) is 18.3 Å². The molecule has 0 spiro atoms. The number of anilines is 1. The number of rotatable bonds is 3. The van der Waals surface area contributed by atoms with E-state index >= 15 is 0 Å². The Kier molecular flexibility index (Phi) is 3.31. The van der Waals surface area contributed by atoms with Gasteiger partial charge in [-0.05, 0) is 12.1 Å². The molecule has 0 aliphatic rings.